The molecule has 22 heavy (non-hydrogen) atoms. The van der Waals surface area contributed by atoms with E-state index < -0.39 is 0 Å². The van der Waals surface area contributed by atoms with Gasteiger partial charge in [0.15, 0.2) is 0 Å². The summed E-state index contributed by atoms with van der Waals surface area (Å²) < 4.78 is 14.4. The van der Waals surface area contributed by atoms with Gasteiger partial charge >= 0.3 is 6.03 Å². The summed E-state index contributed by atoms with van der Waals surface area (Å²) in [5.74, 6) is -0.324. The quantitative estimate of drug-likeness (QED) is 0.825. The molecule has 0 unspecified atom stereocenters. The van der Waals surface area contributed by atoms with E-state index in [2.05, 4.69) is 26.6 Å². The molecule has 5 heteroatoms. The van der Waals surface area contributed by atoms with Crippen molar-refractivity contribution in [2.75, 3.05) is 6.54 Å². The summed E-state index contributed by atoms with van der Waals surface area (Å²) in [6.07, 6.45) is 3.67. The average Bonchev–Trinajstić information content (AvgIpc) is 2.51. The lowest BCUT2D eigenvalue weighted by Crippen LogP contribution is -2.33. The minimum absolute atomic E-state index is 0.320. The third-order valence-corrected chi connectivity index (χ3v) is 3.79. The Bertz CT molecular complexity index is 673. The SMILES string of the molecule is O=C(N/C=C/c1ccccc1F)NCCc1ccccc1Br. The van der Waals surface area contributed by atoms with E-state index in [1.807, 2.05) is 24.3 Å². The number of hydrogen-bond donors (Lipinski definition) is 2. The molecule has 0 spiro atoms. The Morgan fingerprint density at radius 2 is 1.86 bits per heavy atom. The highest BCUT2D eigenvalue weighted by Gasteiger charge is 2.01. The number of benzene rings is 2. The van der Waals surface area contributed by atoms with Crippen LogP contribution in [0.3, 0.4) is 0 Å². The number of nitrogens with one attached hydrogen (secondary N) is 2. The Morgan fingerprint density at radius 3 is 2.64 bits per heavy atom. The third-order valence-electron chi connectivity index (χ3n) is 3.02. The first-order chi connectivity index (χ1) is 10.7. The second kappa shape index (κ2) is 8.34. The van der Waals surface area contributed by atoms with Crippen molar-refractivity contribution in [2.45, 2.75) is 6.42 Å². The Hall–Kier alpha value is -2.14. The van der Waals surface area contributed by atoms with Gasteiger partial charge in [-0.3, -0.25) is 0 Å². The van der Waals surface area contributed by atoms with Crippen LogP contribution in [0.1, 0.15) is 11.1 Å². The lowest BCUT2D eigenvalue weighted by molar-refractivity contribution is 0.244. The molecule has 0 aliphatic rings. The van der Waals surface area contributed by atoms with E-state index in [0.717, 1.165) is 16.5 Å². The Balaban J connectivity index is 1.75. The normalized spacial score (nSPS) is 10.6. The van der Waals surface area contributed by atoms with Gasteiger partial charge in [0.25, 0.3) is 0 Å². The molecule has 2 rings (SSSR count). The van der Waals surface area contributed by atoms with Gasteiger partial charge in [-0.05, 0) is 30.2 Å². The lowest BCUT2D eigenvalue weighted by atomic mass is 10.1. The molecule has 0 bridgehead atoms. The van der Waals surface area contributed by atoms with Gasteiger partial charge in [0.1, 0.15) is 5.82 Å². The van der Waals surface area contributed by atoms with Crippen LogP contribution in [0.15, 0.2) is 59.2 Å². The molecule has 2 aromatic rings. The monoisotopic (exact) mass is 362 g/mol. The molecule has 0 saturated heterocycles. The van der Waals surface area contributed by atoms with E-state index in [-0.39, 0.29) is 11.8 Å². The number of urea groups is 1. The number of carbonyl (C=O) groups is 1. The molecule has 2 aromatic carbocycles. The number of halogens is 2. The summed E-state index contributed by atoms with van der Waals surface area (Å²) in [6, 6.07) is 13.9. The molecule has 3 nitrogen and oxygen atoms in total. The van der Waals surface area contributed by atoms with E-state index in [4.69, 9.17) is 0 Å². The average molecular weight is 363 g/mol. The third kappa shape index (κ3) is 5.00. The van der Waals surface area contributed by atoms with E-state index >= 15 is 0 Å². The predicted octanol–water partition coefficient (Wildman–Crippen LogP) is 4.10. The van der Waals surface area contributed by atoms with Gasteiger partial charge in [0, 0.05) is 22.8 Å². The van der Waals surface area contributed by atoms with Gasteiger partial charge in [-0.25, -0.2) is 9.18 Å². The van der Waals surface area contributed by atoms with Crippen LogP contribution in [0.25, 0.3) is 6.08 Å². The maximum absolute atomic E-state index is 13.4. The van der Waals surface area contributed by atoms with Gasteiger partial charge in [0.2, 0.25) is 0 Å². The largest absolute Gasteiger partial charge is 0.338 e. The number of amides is 2. The molecule has 0 saturated carbocycles. The minimum atomic E-state index is -0.324. The van der Waals surface area contributed by atoms with Gasteiger partial charge in [-0.2, -0.15) is 0 Å². The van der Waals surface area contributed by atoms with Crippen LogP contribution in [0.2, 0.25) is 0 Å². The summed E-state index contributed by atoms with van der Waals surface area (Å²) in [4.78, 5) is 11.6. The Labute approximate surface area is 137 Å². The molecule has 0 radical (unpaired) electrons. The van der Waals surface area contributed by atoms with Gasteiger partial charge in [-0.1, -0.05) is 52.3 Å². The van der Waals surface area contributed by atoms with E-state index in [1.165, 1.54) is 18.3 Å². The van der Waals surface area contributed by atoms with Crippen LogP contribution in [0, 0.1) is 5.82 Å². The number of rotatable bonds is 5. The molecule has 0 atom stereocenters. The van der Waals surface area contributed by atoms with Gasteiger partial charge in [-0.15, -0.1) is 0 Å². The second-order valence-corrected chi connectivity index (χ2v) is 5.45. The van der Waals surface area contributed by atoms with Crippen LogP contribution < -0.4 is 10.6 Å². The lowest BCUT2D eigenvalue weighted by Gasteiger charge is -2.06. The maximum atomic E-state index is 13.4. The summed E-state index contributed by atoms with van der Waals surface area (Å²) in [7, 11) is 0. The van der Waals surface area contributed by atoms with Crippen molar-refractivity contribution < 1.29 is 9.18 Å². The van der Waals surface area contributed by atoms with E-state index in [1.54, 1.807) is 18.2 Å². The second-order valence-electron chi connectivity index (χ2n) is 4.60. The molecule has 114 valence electrons. The fourth-order valence-electron chi connectivity index (χ4n) is 1.88. The molecule has 0 aliphatic heterocycles. The molecule has 2 N–H and O–H groups in total. The van der Waals surface area contributed by atoms with Crippen LogP contribution in [-0.4, -0.2) is 12.6 Å². The highest BCUT2D eigenvalue weighted by molar-refractivity contribution is 9.10. The first-order valence-electron chi connectivity index (χ1n) is 6.85. The van der Waals surface area contributed by atoms with E-state index in [0.29, 0.717) is 12.1 Å². The number of carbonyl (C=O) groups excluding carboxylic acids is 1. The van der Waals surface area contributed by atoms with Crippen LogP contribution in [-0.2, 0) is 6.42 Å². The molecular weight excluding hydrogens is 347 g/mol. The zero-order valence-electron chi connectivity index (χ0n) is 11.9. The Kier molecular flexibility index (Phi) is 6.15. The zero-order valence-corrected chi connectivity index (χ0v) is 13.4. The predicted molar refractivity (Wildman–Crippen MR) is 89.8 cm³/mol. The first kappa shape index (κ1) is 16.2. The minimum Gasteiger partial charge on any atom is -0.338 e. The van der Waals surface area contributed by atoms with Gasteiger partial charge < -0.3 is 10.6 Å². The summed E-state index contributed by atoms with van der Waals surface area (Å²) in [6.45, 7) is 0.516. The zero-order chi connectivity index (χ0) is 15.8. The fourth-order valence-corrected chi connectivity index (χ4v) is 2.36. The first-order valence-corrected chi connectivity index (χ1v) is 7.65. The molecule has 0 aromatic heterocycles. The topological polar surface area (TPSA) is 41.1 Å². The summed E-state index contributed by atoms with van der Waals surface area (Å²) in [5, 5.41) is 5.29. The Morgan fingerprint density at radius 1 is 1.14 bits per heavy atom. The molecule has 0 heterocycles. The fraction of sp³-hybridized carbons (Fsp3) is 0.118. The van der Waals surface area contributed by atoms with Crippen molar-refractivity contribution in [3.8, 4) is 0 Å². The van der Waals surface area contributed by atoms with Crippen LogP contribution in [0.5, 0.6) is 0 Å². The molecule has 2 amide bonds. The maximum Gasteiger partial charge on any atom is 0.318 e. The molecule has 0 aliphatic carbocycles. The van der Waals surface area contributed by atoms with Crippen molar-refractivity contribution in [2.24, 2.45) is 0 Å². The molecule has 0 fully saturated rings. The van der Waals surface area contributed by atoms with Crippen molar-refractivity contribution in [1.82, 2.24) is 10.6 Å². The van der Waals surface area contributed by atoms with Crippen LogP contribution >= 0.6 is 15.9 Å². The van der Waals surface area contributed by atoms with Crippen molar-refractivity contribution in [3.63, 3.8) is 0 Å². The highest BCUT2D eigenvalue weighted by atomic mass is 79.9. The van der Waals surface area contributed by atoms with Crippen molar-refractivity contribution in [3.05, 3.63) is 76.1 Å². The van der Waals surface area contributed by atoms with E-state index in [9.17, 15) is 9.18 Å². The summed E-state index contributed by atoms with van der Waals surface area (Å²) in [5.41, 5.74) is 1.56. The van der Waals surface area contributed by atoms with Crippen molar-refractivity contribution >= 4 is 28.0 Å². The summed E-state index contributed by atoms with van der Waals surface area (Å²) >= 11 is 3.46. The number of hydrogen-bond acceptors (Lipinski definition) is 1. The van der Waals surface area contributed by atoms with Gasteiger partial charge in [0.05, 0.1) is 0 Å². The smallest absolute Gasteiger partial charge is 0.318 e. The standard InChI is InChI=1S/C17H16BrFN2O/c18-15-7-3-1-5-13(15)9-11-20-17(22)21-12-10-14-6-2-4-8-16(14)19/h1-8,10,12H,9,11H2,(H2,20,21,22)/b12-10+. The molecular formula is C17H16BrFN2O. The van der Waals surface area contributed by atoms with Crippen LogP contribution in [0.4, 0.5) is 9.18 Å². The van der Waals surface area contributed by atoms with Crippen molar-refractivity contribution in [1.29, 1.82) is 0 Å². The highest BCUT2D eigenvalue weighted by Crippen LogP contribution is 2.15.